The fourth-order valence-electron chi connectivity index (χ4n) is 1.96. The van der Waals surface area contributed by atoms with Gasteiger partial charge in [-0.3, -0.25) is 0 Å². The number of benzene rings is 1. The summed E-state index contributed by atoms with van der Waals surface area (Å²) in [6.45, 7) is -0.513. The molecule has 8 nitrogen and oxygen atoms in total. The summed E-state index contributed by atoms with van der Waals surface area (Å²) in [5.74, 6) is -1.70. The number of carbonyl (C=O) groups is 2. The Morgan fingerprint density at radius 1 is 1.30 bits per heavy atom. The summed E-state index contributed by atoms with van der Waals surface area (Å²) in [6, 6.07) is 6.08. The number of rotatable bonds is 5. The van der Waals surface area contributed by atoms with Gasteiger partial charge in [0, 0.05) is 6.08 Å². The summed E-state index contributed by atoms with van der Waals surface area (Å²) in [5, 5.41) is 37.6. The lowest BCUT2D eigenvalue weighted by atomic mass is 10.1. The Kier molecular flexibility index (Phi) is 5.32. The van der Waals surface area contributed by atoms with Gasteiger partial charge < -0.3 is 29.9 Å². The van der Waals surface area contributed by atoms with Crippen LogP contribution in [-0.4, -0.2) is 63.4 Å². The Morgan fingerprint density at radius 2 is 1.96 bits per heavy atom. The van der Waals surface area contributed by atoms with Crippen LogP contribution in [-0.2, 0) is 19.1 Å². The Bertz CT molecular complexity index is 594. The average Bonchev–Trinajstić information content (AvgIpc) is 2.79. The van der Waals surface area contributed by atoms with Crippen LogP contribution in [0.3, 0.4) is 0 Å². The molecule has 8 heteroatoms. The number of ether oxygens (including phenoxy) is 2. The smallest absolute Gasteiger partial charge is 0.338 e. The third-order valence-corrected chi connectivity index (χ3v) is 3.23. The maximum absolute atomic E-state index is 11.5. The van der Waals surface area contributed by atoms with Gasteiger partial charge in [-0.25, -0.2) is 9.59 Å². The van der Waals surface area contributed by atoms with Gasteiger partial charge in [0.05, 0.1) is 0 Å². The molecule has 1 aliphatic rings. The first-order valence-corrected chi connectivity index (χ1v) is 6.77. The molecule has 124 valence electrons. The molecule has 0 aliphatic carbocycles. The molecule has 1 unspecified atom stereocenters. The highest BCUT2D eigenvalue weighted by Crippen LogP contribution is 2.19. The van der Waals surface area contributed by atoms with E-state index in [9.17, 15) is 24.9 Å². The predicted octanol–water partition coefficient (Wildman–Crippen LogP) is -1.04. The molecule has 1 aromatic carbocycles. The van der Waals surface area contributed by atoms with E-state index in [1.54, 1.807) is 12.1 Å². The van der Waals surface area contributed by atoms with Gasteiger partial charge in [-0.15, -0.1) is 0 Å². The molecule has 1 aromatic rings. The van der Waals surface area contributed by atoms with Crippen LogP contribution in [0.25, 0.3) is 6.08 Å². The van der Waals surface area contributed by atoms with Crippen LogP contribution >= 0.6 is 0 Å². The molecular formula is C15H16O8. The normalized spacial score (nSPS) is 25.3. The van der Waals surface area contributed by atoms with Crippen LogP contribution in [0.15, 0.2) is 30.3 Å². The minimum Gasteiger partial charge on any atom is -0.508 e. The first-order chi connectivity index (χ1) is 10.9. The average molecular weight is 324 g/mol. The number of hydrogen-bond donors (Lipinski definition) is 4. The molecule has 2 rings (SSSR count). The predicted molar refractivity (Wildman–Crippen MR) is 76.0 cm³/mol. The van der Waals surface area contributed by atoms with Crippen LogP contribution in [0, 0.1) is 0 Å². The Labute approximate surface area is 131 Å². The van der Waals surface area contributed by atoms with E-state index in [2.05, 4.69) is 4.74 Å². The van der Waals surface area contributed by atoms with Gasteiger partial charge in [0.1, 0.15) is 24.6 Å². The summed E-state index contributed by atoms with van der Waals surface area (Å²) >= 11 is 0. The van der Waals surface area contributed by atoms with Crippen molar-refractivity contribution in [2.45, 2.75) is 24.4 Å². The van der Waals surface area contributed by atoms with Crippen molar-refractivity contribution in [3.63, 3.8) is 0 Å². The molecule has 0 spiro atoms. The molecular weight excluding hydrogens is 308 g/mol. The zero-order valence-corrected chi connectivity index (χ0v) is 11.9. The van der Waals surface area contributed by atoms with Gasteiger partial charge in [0.2, 0.25) is 0 Å². The largest absolute Gasteiger partial charge is 0.508 e. The summed E-state index contributed by atoms with van der Waals surface area (Å²) < 4.78 is 9.37. The number of esters is 2. The minimum absolute atomic E-state index is 0.0969. The molecule has 0 saturated carbocycles. The van der Waals surface area contributed by atoms with Crippen molar-refractivity contribution in [3.8, 4) is 5.75 Å². The zero-order chi connectivity index (χ0) is 17.0. The molecule has 0 radical (unpaired) electrons. The summed E-state index contributed by atoms with van der Waals surface area (Å²) in [4.78, 5) is 22.6. The highest BCUT2D eigenvalue weighted by Gasteiger charge is 2.46. The third-order valence-electron chi connectivity index (χ3n) is 3.23. The van der Waals surface area contributed by atoms with Crippen LogP contribution in [0.1, 0.15) is 5.56 Å². The van der Waals surface area contributed by atoms with Crippen molar-refractivity contribution >= 4 is 18.0 Å². The number of aliphatic hydroxyl groups excluding tert-OH is 3. The van der Waals surface area contributed by atoms with Gasteiger partial charge in [-0.1, -0.05) is 12.1 Å². The van der Waals surface area contributed by atoms with E-state index in [1.165, 1.54) is 18.2 Å². The zero-order valence-electron chi connectivity index (χ0n) is 11.9. The van der Waals surface area contributed by atoms with E-state index >= 15 is 0 Å². The van der Waals surface area contributed by atoms with Crippen LogP contribution in [0.5, 0.6) is 5.75 Å². The highest BCUT2D eigenvalue weighted by atomic mass is 16.6. The Balaban J connectivity index is 1.82. The fraction of sp³-hybridized carbons (Fsp3) is 0.333. The van der Waals surface area contributed by atoms with E-state index in [1.807, 2.05) is 0 Å². The van der Waals surface area contributed by atoms with Crippen molar-refractivity contribution in [2.75, 3.05) is 6.61 Å². The first kappa shape index (κ1) is 16.9. The molecule has 23 heavy (non-hydrogen) atoms. The van der Waals surface area contributed by atoms with Crippen molar-refractivity contribution < 1.29 is 39.5 Å². The number of carbonyl (C=O) groups excluding carboxylic acids is 2. The topological polar surface area (TPSA) is 134 Å². The molecule has 1 aliphatic heterocycles. The van der Waals surface area contributed by atoms with Crippen LogP contribution in [0.2, 0.25) is 0 Å². The molecule has 4 N–H and O–H groups in total. The standard InChI is InChI=1S/C15H16O8/c16-9-4-1-8(2-5-9)3-6-11(18)22-7-10(17)14-12(19)13(20)15(21)23-14/h1-6,10,12-14,16-17,19-20H,7H2/b6-3+/t10?,12-,13-,14+/m0/s1. The van der Waals surface area contributed by atoms with Gasteiger partial charge in [0.15, 0.2) is 12.2 Å². The maximum atomic E-state index is 11.5. The maximum Gasteiger partial charge on any atom is 0.338 e. The number of phenols is 1. The lowest BCUT2D eigenvalue weighted by Crippen LogP contribution is -2.41. The van der Waals surface area contributed by atoms with E-state index in [0.717, 1.165) is 6.08 Å². The molecule has 1 fully saturated rings. The molecule has 0 bridgehead atoms. The van der Waals surface area contributed by atoms with Crippen molar-refractivity contribution in [1.82, 2.24) is 0 Å². The lowest BCUT2D eigenvalue weighted by Gasteiger charge is -2.19. The fourth-order valence-corrected chi connectivity index (χ4v) is 1.96. The van der Waals surface area contributed by atoms with Gasteiger partial charge in [-0.05, 0) is 23.8 Å². The summed E-state index contributed by atoms with van der Waals surface area (Å²) in [6.07, 6.45) is -3.56. The number of aliphatic hydroxyl groups is 3. The Morgan fingerprint density at radius 3 is 2.52 bits per heavy atom. The van der Waals surface area contributed by atoms with Gasteiger partial charge >= 0.3 is 11.9 Å². The quantitative estimate of drug-likeness (QED) is 0.398. The van der Waals surface area contributed by atoms with Crippen molar-refractivity contribution in [2.24, 2.45) is 0 Å². The molecule has 0 amide bonds. The lowest BCUT2D eigenvalue weighted by molar-refractivity contribution is -0.154. The van der Waals surface area contributed by atoms with Gasteiger partial charge in [0.25, 0.3) is 0 Å². The monoisotopic (exact) mass is 324 g/mol. The van der Waals surface area contributed by atoms with E-state index in [-0.39, 0.29) is 5.75 Å². The van der Waals surface area contributed by atoms with Crippen molar-refractivity contribution in [1.29, 1.82) is 0 Å². The second-order valence-electron chi connectivity index (χ2n) is 4.96. The Hall–Kier alpha value is -2.42. The van der Waals surface area contributed by atoms with Crippen LogP contribution in [0.4, 0.5) is 0 Å². The third kappa shape index (κ3) is 4.28. The summed E-state index contributed by atoms with van der Waals surface area (Å²) in [5.41, 5.74) is 0.656. The minimum atomic E-state index is -1.72. The number of phenolic OH excluding ortho intramolecular Hbond substituents is 1. The van der Waals surface area contributed by atoms with Gasteiger partial charge in [-0.2, -0.15) is 0 Å². The number of hydrogen-bond acceptors (Lipinski definition) is 8. The van der Waals surface area contributed by atoms with Crippen molar-refractivity contribution in [3.05, 3.63) is 35.9 Å². The second-order valence-corrected chi connectivity index (χ2v) is 4.96. The highest BCUT2D eigenvalue weighted by molar-refractivity contribution is 5.87. The molecule has 4 atom stereocenters. The molecule has 1 saturated heterocycles. The molecule has 0 aromatic heterocycles. The number of aromatic hydroxyl groups is 1. The SMILES string of the molecule is O=C(/C=C/c1ccc(O)cc1)OCC(O)[C@H]1OC(=O)[C@@H](O)[C@@H]1O. The summed E-state index contributed by atoms with van der Waals surface area (Å²) in [7, 11) is 0. The molecule has 1 heterocycles. The van der Waals surface area contributed by atoms with E-state index in [4.69, 9.17) is 9.84 Å². The second kappa shape index (κ2) is 7.23. The van der Waals surface area contributed by atoms with E-state index in [0.29, 0.717) is 5.56 Å². The number of cyclic esters (lactones) is 1. The van der Waals surface area contributed by atoms with Crippen LogP contribution < -0.4 is 0 Å². The van der Waals surface area contributed by atoms with E-state index < -0.39 is 43.0 Å². The first-order valence-electron chi connectivity index (χ1n) is 6.77.